The number of alkyl halides is 1. The molecule has 1 heterocycles. The van der Waals surface area contributed by atoms with Gasteiger partial charge in [-0.2, -0.15) is 0 Å². The van der Waals surface area contributed by atoms with Gasteiger partial charge in [0.1, 0.15) is 5.60 Å². The highest BCUT2D eigenvalue weighted by molar-refractivity contribution is 9.09. The zero-order valence-corrected chi connectivity index (χ0v) is 14.8. The van der Waals surface area contributed by atoms with E-state index in [0.717, 1.165) is 6.61 Å². The van der Waals surface area contributed by atoms with E-state index in [1.807, 2.05) is 0 Å². The summed E-state index contributed by atoms with van der Waals surface area (Å²) < 4.78 is 12.2. The van der Waals surface area contributed by atoms with Crippen molar-refractivity contribution in [2.75, 3.05) is 13.2 Å². The van der Waals surface area contributed by atoms with E-state index in [1.54, 1.807) is 0 Å². The van der Waals surface area contributed by atoms with Gasteiger partial charge in [-0.25, -0.2) is 0 Å². The van der Waals surface area contributed by atoms with Crippen LogP contribution in [0.15, 0.2) is 0 Å². The summed E-state index contributed by atoms with van der Waals surface area (Å²) in [4.78, 5) is 0.389. The predicted octanol–water partition coefficient (Wildman–Crippen LogP) is 4.20. The lowest BCUT2D eigenvalue weighted by atomic mass is 9.98. The molecule has 2 nitrogen and oxygen atoms in total. The minimum atomic E-state index is -1.67. The summed E-state index contributed by atoms with van der Waals surface area (Å²) in [6, 6.07) is 0. The Morgan fingerprint density at radius 3 is 2.29 bits per heavy atom. The molecular weight excluding hydrogens is 296 g/mol. The molecule has 0 bridgehead atoms. The average molecular weight is 323 g/mol. The summed E-state index contributed by atoms with van der Waals surface area (Å²) in [6.07, 6.45) is 0. The molecule has 102 valence electrons. The molecule has 0 unspecified atom stereocenters. The molecular formula is C13H27BrO2Si. The number of halogens is 1. The van der Waals surface area contributed by atoms with Crippen LogP contribution in [0.5, 0.6) is 0 Å². The third kappa shape index (κ3) is 3.34. The van der Waals surface area contributed by atoms with Crippen LogP contribution in [0.25, 0.3) is 0 Å². The van der Waals surface area contributed by atoms with Gasteiger partial charge in [-0.05, 0) is 31.0 Å². The fourth-order valence-electron chi connectivity index (χ4n) is 1.75. The molecule has 0 spiro atoms. The zero-order chi connectivity index (χ0) is 13.5. The number of ether oxygens (including phenoxy) is 1. The Labute approximate surface area is 116 Å². The standard InChI is InChI=1S/C13H27BrO2Si/c1-10-8-15-13(5,11(10)14)9-16-17(6,7)12(2,3)4/h10-11H,8-9H2,1-7H3/t10-,11+,13-/m1/s1. The van der Waals surface area contributed by atoms with Gasteiger partial charge in [-0.15, -0.1) is 0 Å². The largest absolute Gasteiger partial charge is 0.414 e. The highest BCUT2D eigenvalue weighted by atomic mass is 79.9. The van der Waals surface area contributed by atoms with Gasteiger partial charge in [0.2, 0.25) is 0 Å². The van der Waals surface area contributed by atoms with Crippen LogP contribution < -0.4 is 0 Å². The molecule has 0 aromatic carbocycles. The molecule has 1 aliphatic heterocycles. The van der Waals surface area contributed by atoms with Gasteiger partial charge in [0.05, 0.1) is 18.0 Å². The van der Waals surface area contributed by atoms with E-state index in [2.05, 4.69) is 63.6 Å². The van der Waals surface area contributed by atoms with Crippen LogP contribution in [0.2, 0.25) is 18.1 Å². The number of rotatable bonds is 3. The molecule has 0 N–H and O–H groups in total. The lowest BCUT2D eigenvalue weighted by Crippen LogP contribution is -2.47. The first kappa shape index (κ1) is 15.7. The normalized spacial score (nSPS) is 35.3. The van der Waals surface area contributed by atoms with Crippen molar-refractivity contribution >= 4 is 24.2 Å². The van der Waals surface area contributed by atoms with Crippen LogP contribution in [-0.2, 0) is 9.16 Å². The van der Waals surface area contributed by atoms with Crippen LogP contribution in [0.3, 0.4) is 0 Å². The lowest BCUT2D eigenvalue weighted by Gasteiger charge is -2.39. The molecule has 3 atom stereocenters. The summed E-state index contributed by atoms with van der Waals surface area (Å²) >= 11 is 3.75. The summed E-state index contributed by atoms with van der Waals surface area (Å²) in [5.74, 6) is 0.558. The van der Waals surface area contributed by atoms with E-state index in [1.165, 1.54) is 0 Å². The molecule has 0 radical (unpaired) electrons. The van der Waals surface area contributed by atoms with Gasteiger partial charge in [0.15, 0.2) is 8.32 Å². The molecule has 0 aromatic heterocycles. The first-order chi connectivity index (χ1) is 7.50. The molecule has 0 aliphatic carbocycles. The molecule has 0 saturated carbocycles. The number of hydrogen-bond donors (Lipinski definition) is 0. The minimum Gasteiger partial charge on any atom is -0.414 e. The van der Waals surface area contributed by atoms with Crippen molar-refractivity contribution in [1.29, 1.82) is 0 Å². The van der Waals surface area contributed by atoms with E-state index in [4.69, 9.17) is 9.16 Å². The van der Waals surface area contributed by atoms with Crippen LogP contribution in [-0.4, -0.2) is 32.0 Å². The topological polar surface area (TPSA) is 18.5 Å². The Kier molecular flexibility index (Phi) is 4.56. The molecule has 17 heavy (non-hydrogen) atoms. The fourth-order valence-corrected chi connectivity index (χ4v) is 3.25. The monoisotopic (exact) mass is 322 g/mol. The molecule has 0 amide bonds. The Morgan fingerprint density at radius 2 is 1.94 bits per heavy atom. The molecule has 0 aromatic rings. The Morgan fingerprint density at radius 1 is 1.41 bits per heavy atom. The van der Waals surface area contributed by atoms with E-state index in [0.29, 0.717) is 17.4 Å². The summed E-state index contributed by atoms with van der Waals surface area (Å²) in [7, 11) is -1.67. The Hall–Kier alpha value is 0.617. The second-order valence-electron chi connectivity index (χ2n) is 7.05. The molecule has 1 saturated heterocycles. The van der Waals surface area contributed by atoms with Crippen molar-refractivity contribution < 1.29 is 9.16 Å². The zero-order valence-electron chi connectivity index (χ0n) is 12.3. The second-order valence-corrected chi connectivity index (χ2v) is 12.8. The van der Waals surface area contributed by atoms with Crippen molar-refractivity contribution in [2.24, 2.45) is 5.92 Å². The van der Waals surface area contributed by atoms with Gasteiger partial charge >= 0.3 is 0 Å². The lowest BCUT2D eigenvalue weighted by molar-refractivity contribution is -0.0168. The van der Waals surface area contributed by atoms with E-state index < -0.39 is 8.32 Å². The van der Waals surface area contributed by atoms with Crippen molar-refractivity contribution in [1.82, 2.24) is 0 Å². The third-order valence-corrected chi connectivity index (χ3v) is 10.6. The van der Waals surface area contributed by atoms with E-state index >= 15 is 0 Å². The van der Waals surface area contributed by atoms with Gasteiger partial charge in [0, 0.05) is 0 Å². The average Bonchev–Trinajstić information content (AvgIpc) is 2.43. The van der Waals surface area contributed by atoms with Crippen molar-refractivity contribution in [3.8, 4) is 0 Å². The maximum Gasteiger partial charge on any atom is 0.192 e. The molecule has 4 heteroatoms. The van der Waals surface area contributed by atoms with Crippen LogP contribution >= 0.6 is 15.9 Å². The predicted molar refractivity (Wildman–Crippen MR) is 79.4 cm³/mol. The summed E-state index contributed by atoms with van der Waals surface area (Å²) in [5, 5.41) is 0.259. The first-order valence-corrected chi connectivity index (χ1v) is 10.2. The maximum absolute atomic E-state index is 6.28. The highest BCUT2D eigenvalue weighted by Crippen LogP contribution is 2.40. The van der Waals surface area contributed by atoms with Crippen molar-refractivity contribution in [3.05, 3.63) is 0 Å². The van der Waals surface area contributed by atoms with E-state index in [-0.39, 0.29) is 10.6 Å². The third-order valence-electron chi connectivity index (χ3n) is 4.28. The van der Waals surface area contributed by atoms with Gasteiger partial charge in [-0.3, -0.25) is 0 Å². The van der Waals surface area contributed by atoms with Gasteiger partial charge in [0.25, 0.3) is 0 Å². The quantitative estimate of drug-likeness (QED) is 0.572. The van der Waals surface area contributed by atoms with E-state index in [9.17, 15) is 0 Å². The number of hydrogen-bond acceptors (Lipinski definition) is 2. The van der Waals surface area contributed by atoms with Crippen LogP contribution in [0, 0.1) is 5.92 Å². The summed E-state index contributed by atoms with van der Waals surface area (Å²) in [5.41, 5.74) is -0.172. The minimum absolute atomic E-state index is 0.172. The van der Waals surface area contributed by atoms with Crippen molar-refractivity contribution in [3.63, 3.8) is 0 Å². The SMILES string of the molecule is C[C@@H]1CO[C@](C)(CO[Si](C)(C)C(C)(C)C)[C@H]1Br. The first-order valence-electron chi connectivity index (χ1n) is 6.41. The maximum atomic E-state index is 6.28. The Balaban J connectivity index is 2.63. The van der Waals surface area contributed by atoms with Crippen LogP contribution in [0.1, 0.15) is 34.6 Å². The van der Waals surface area contributed by atoms with Gasteiger partial charge in [-0.1, -0.05) is 43.6 Å². The smallest absolute Gasteiger partial charge is 0.192 e. The molecule has 1 fully saturated rings. The van der Waals surface area contributed by atoms with Gasteiger partial charge < -0.3 is 9.16 Å². The van der Waals surface area contributed by atoms with Crippen LogP contribution in [0.4, 0.5) is 0 Å². The Bertz CT molecular complexity index is 275. The second kappa shape index (κ2) is 4.95. The molecule has 1 rings (SSSR count). The fraction of sp³-hybridized carbons (Fsp3) is 1.00. The summed E-state index contributed by atoms with van der Waals surface area (Å²) in [6.45, 7) is 17.3. The molecule has 1 aliphatic rings. The van der Waals surface area contributed by atoms with Crippen molar-refractivity contribution in [2.45, 2.75) is 63.2 Å². The highest BCUT2D eigenvalue weighted by Gasteiger charge is 2.46.